The van der Waals surface area contributed by atoms with Crippen LogP contribution in [0.1, 0.15) is 61.1 Å². The highest BCUT2D eigenvalue weighted by molar-refractivity contribution is 5.52. The van der Waals surface area contributed by atoms with E-state index in [0.717, 1.165) is 24.7 Å². The number of hydrogen-bond donors (Lipinski definition) is 0. The van der Waals surface area contributed by atoms with E-state index >= 15 is 0 Å². The third kappa shape index (κ3) is 4.61. The van der Waals surface area contributed by atoms with E-state index in [-0.39, 0.29) is 16.6 Å². The molecule has 168 valence electrons. The lowest BCUT2D eigenvalue weighted by Crippen LogP contribution is -2.22. The monoisotopic (exact) mass is 424 g/mol. The van der Waals surface area contributed by atoms with E-state index in [4.69, 9.17) is 18.9 Å². The van der Waals surface area contributed by atoms with Crippen LogP contribution < -0.4 is 9.47 Å². The van der Waals surface area contributed by atoms with Gasteiger partial charge in [0.05, 0.1) is 13.2 Å². The Bertz CT molecular complexity index is 871. The minimum absolute atomic E-state index is 0.112. The zero-order valence-corrected chi connectivity index (χ0v) is 20.3. The van der Waals surface area contributed by atoms with Crippen LogP contribution >= 0.6 is 0 Å². The van der Waals surface area contributed by atoms with Crippen LogP contribution in [-0.4, -0.2) is 37.6 Å². The van der Waals surface area contributed by atoms with Crippen LogP contribution in [0, 0.1) is 27.7 Å². The molecule has 0 aromatic heterocycles. The molecule has 31 heavy (non-hydrogen) atoms. The van der Waals surface area contributed by atoms with E-state index in [1.807, 2.05) is 0 Å². The van der Waals surface area contributed by atoms with E-state index in [0.29, 0.717) is 13.2 Å². The lowest BCUT2D eigenvalue weighted by Gasteiger charge is -2.29. The van der Waals surface area contributed by atoms with Gasteiger partial charge in [0.15, 0.2) is 0 Å². The molecule has 2 aromatic carbocycles. The van der Waals surface area contributed by atoms with Gasteiger partial charge in [-0.3, -0.25) is 0 Å². The van der Waals surface area contributed by atoms with E-state index in [9.17, 15) is 0 Å². The van der Waals surface area contributed by atoms with Crippen molar-refractivity contribution in [3.63, 3.8) is 0 Å². The summed E-state index contributed by atoms with van der Waals surface area (Å²) in [7, 11) is 0. The Kier molecular flexibility index (Phi) is 5.38. The second-order valence-electron chi connectivity index (χ2n) is 10.6. The lowest BCUT2D eigenvalue weighted by molar-refractivity contribution is 0.200. The Hall–Kier alpha value is -2.04. The molecule has 0 saturated carbocycles. The molecule has 0 bridgehead atoms. The first-order valence-electron chi connectivity index (χ1n) is 11.2. The largest absolute Gasteiger partial charge is 0.490 e. The molecule has 2 aliphatic rings. The number of hydrogen-bond acceptors (Lipinski definition) is 4. The average molecular weight is 425 g/mol. The smallest absolute Gasteiger partial charge is 0.125 e. The summed E-state index contributed by atoms with van der Waals surface area (Å²) in [6.07, 6.45) is 0. The van der Waals surface area contributed by atoms with E-state index < -0.39 is 0 Å². The molecule has 2 heterocycles. The van der Waals surface area contributed by atoms with Gasteiger partial charge in [-0.05, 0) is 74.9 Å². The van der Waals surface area contributed by atoms with Gasteiger partial charge in [0, 0.05) is 5.41 Å². The highest BCUT2D eigenvalue weighted by Crippen LogP contribution is 2.39. The fourth-order valence-corrected chi connectivity index (χ4v) is 4.11. The molecule has 0 spiro atoms. The van der Waals surface area contributed by atoms with Gasteiger partial charge in [0.25, 0.3) is 0 Å². The van der Waals surface area contributed by atoms with Gasteiger partial charge in [0.2, 0.25) is 0 Å². The number of benzene rings is 2. The highest BCUT2D eigenvalue weighted by Gasteiger charge is 2.41. The van der Waals surface area contributed by atoms with Gasteiger partial charge in [-0.1, -0.05) is 38.1 Å². The summed E-state index contributed by atoms with van der Waals surface area (Å²) >= 11 is 0. The molecular formula is C27H36O4. The average Bonchev–Trinajstić information content (AvgIpc) is 3.59. The third-order valence-electron chi connectivity index (χ3n) is 6.68. The van der Waals surface area contributed by atoms with E-state index in [1.54, 1.807) is 0 Å². The predicted octanol–water partition coefficient (Wildman–Crippen LogP) is 5.58. The molecule has 0 aliphatic carbocycles. The van der Waals surface area contributed by atoms with Crippen LogP contribution in [0.3, 0.4) is 0 Å². The maximum Gasteiger partial charge on any atom is 0.125 e. The summed E-state index contributed by atoms with van der Waals surface area (Å²) in [5, 5.41) is 0. The van der Waals surface area contributed by atoms with Crippen LogP contribution in [0.4, 0.5) is 0 Å². The Morgan fingerprint density at radius 3 is 1.26 bits per heavy atom. The molecule has 4 rings (SSSR count). The molecule has 2 unspecified atom stereocenters. The molecule has 2 saturated heterocycles. The van der Waals surface area contributed by atoms with Crippen LogP contribution in [0.5, 0.6) is 11.5 Å². The fraction of sp³-hybridized carbons (Fsp3) is 0.556. The van der Waals surface area contributed by atoms with E-state index in [1.165, 1.54) is 33.4 Å². The second kappa shape index (κ2) is 7.53. The van der Waals surface area contributed by atoms with Crippen molar-refractivity contribution in [1.82, 2.24) is 0 Å². The van der Waals surface area contributed by atoms with Gasteiger partial charge in [-0.2, -0.15) is 0 Å². The molecule has 2 aromatic rings. The molecule has 4 nitrogen and oxygen atoms in total. The first kappa shape index (κ1) is 22.2. The SMILES string of the molecule is Cc1cc(C(C)(C)c2cc(C)c(OCC3(C)CO3)c(C)c2)cc(C)c1OCC1(C)CO1. The highest BCUT2D eigenvalue weighted by atomic mass is 16.6. The van der Waals surface area contributed by atoms with Crippen LogP contribution in [-0.2, 0) is 14.9 Å². The standard InChI is InChI=1S/C27H36O4/c1-17-9-21(10-18(2)23(17)28-13-26(7)15-30-26)25(5,6)22-11-19(3)24(20(4)12-22)29-14-27(8)16-31-27/h9-12H,13-16H2,1-8H3. The molecule has 4 heteroatoms. The fourth-order valence-electron chi connectivity index (χ4n) is 4.11. The van der Waals surface area contributed by atoms with Crippen molar-refractivity contribution >= 4 is 0 Å². The van der Waals surface area contributed by atoms with Gasteiger partial charge < -0.3 is 18.9 Å². The molecule has 2 fully saturated rings. The van der Waals surface area contributed by atoms with Crippen molar-refractivity contribution in [3.8, 4) is 11.5 Å². The maximum atomic E-state index is 6.13. The molecule has 0 radical (unpaired) electrons. The Morgan fingerprint density at radius 2 is 1.00 bits per heavy atom. The summed E-state index contributed by atoms with van der Waals surface area (Å²) in [5.41, 5.74) is 6.87. The van der Waals surface area contributed by atoms with Crippen LogP contribution in [0.15, 0.2) is 24.3 Å². The Balaban J connectivity index is 1.58. The minimum Gasteiger partial charge on any atom is -0.490 e. The molecular weight excluding hydrogens is 388 g/mol. The van der Waals surface area contributed by atoms with Crippen molar-refractivity contribution in [2.75, 3.05) is 26.4 Å². The van der Waals surface area contributed by atoms with Crippen molar-refractivity contribution in [3.05, 3.63) is 57.6 Å². The maximum absolute atomic E-state index is 6.13. The number of ether oxygens (including phenoxy) is 4. The summed E-state index contributed by atoms with van der Waals surface area (Å²) in [6, 6.07) is 9.05. The van der Waals surface area contributed by atoms with Gasteiger partial charge in [-0.25, -0.2) is 0 Å². The Labute approximate surface area is 186 Å². The topological polar surface area (TPSA) is 43.5 Å². The number of epoxide rings is 2. The van der Waals surface area contributed by atoms with Crippen molar-refractivity contribution in [2.45, 2.75) is 72.0 Å². The lowest BCUT2D eigenvalue weighted by atomic mass is 9.76. The third-order valence-corrected chi connectivity index (χ3v) is 6.68. The van der Waals surface area contributed by atoms with Crippen molar-refractivity contribution in [2.24, 2.45) is 0 Å². The van der Waals surface area contributed by atoms with E-state index in [2.05, 4.69) is 79.7 Å². The van der Waals surface area contributed by atoms with Gasteiger partial charge in [-0.15, -0.1) is 0 Å². The summed E-state index contributed by atoms with van der Waals surface area (Å²) in [6.45, 7) is 20.0. The molecule has 0 amide bonds. The second-order valence-corrected chi connectivity index (χ2v) is 10.6. The number of aryl methyl sites for hydroxylation is 4. The summed E-state index contributed by atoms with van der Waals surface area (Å²) < 4.78 is 23.2. The Morgan fingerprint density at radius 1 is 0.710 bits per heavy atom. The van der Waals surface area contributed by atoms with Gasteiger partial charge in [0.1, 0.15) is 35.9 Å². The minimum atomic E-state index is -0.140. The zero-order valence-electron chi connectivity index (χ0n) is 20.3. The van der Waals surface area contributed by atoms with Gasteiger partial charge >= 0.3 is 0 Å². The quantitative estimate of drug-likeness (QED) is 0.519. The predicted molar refractivity (Wildman–Crippen MR) is 124 cm³/mol. The van der Waals surface area contributed by atoms with Crippen LogP contribution in [0.2, 0.25) is 0 Å². The zero-order chi connectivity index (χ0) is 22.6. The normalized spacial score (nSPS) is 24.8. The molecule has 2 aliphatic heterocycles. The van der Waals surface area contributed by atoms with Crippen molar-refractivity contribution < 1.29 is 18.9 Å². The summed E-state index contributed by atoms with van der Waals surface area (Å²) in [4.78, 5) is 0. The van der Waals surface area contributed by atoms with Crippen LogP contribution in [0.25, 0.3) is 0 Å². The summed E-state index contributed by atoms with van der Waals surface area (Å²) in [5.74, 6) is 1.95. The number of rotatable bonds is 8. The first-order valence-corrected chi connectivity index (χ1v) is 11.2. The van der Waals surface area contributed by atoms with Crippen molar-refractivity contribution in [1.29, 1.82) is 0 Å². The molecule has 0 N–H and O–H groups in total. The molecule has 2 atom stereocenters. The first-order chi connectivity index (χ1) is 14.4.